The van der Waals surface area contributed by atoms with Crippen LogP contribution < -0.4 is 5.32 Å². The Morgan fingerprint density at radius 2 is 1.92 bits per heavy atom. The number of benzene rings is 1. The average molecular weight is 363 g/mol. The van der Waals surface area contributed by atoms with Crippen molar-refractivity contribution in [2.75, 3.05) is 18.4 Å². The molecule has 1 N–H and O–H groups in total. The van der Waals surface area contributed by atoms with Gasteiger partial charge < -0.3 is 10.2 Å². The van der Waals surface area contributed by atoms with E-state index in [-0.39, 0.29) is 11.7 Å². The normalized spacial score (nSPS) is 17.6. The molecule has 1 fully saturated rings. The maximum atomic E-state index is 12.6. The van der Waals surface area contributed by atoms with Crippen molar-refractivity contribution in [2.24, 2.45) is 0 Å². The number of nitrogens with zero attached hydrogens (tertiary/aromatic N) is 2. The Bertz CT molecular complexity index is 732. The molecule has 1 aliphatic heterocycles. The lowest BCUT2D eigenvalue weighted by atomic mass is 10.1. The van der Waals surface area contributed by atoms with E-state index in [1.165, 1.54) is 11.6 Å². The first-order chi connectivity index (χ1) is 12.4. The molecule has 2 aromatic rings. The monoisotopic (exact) mass is 363 g/mol. The molecule has 0 spiro atoms. The van der Waals surface area contributed by atoms with Crippen molar-refractivity contribution in [1.29, 1.82) is 0 Å². The summed E-state index contributed by atoms with van der Waals surface area (Å²) in [7, 11) is 0. The van der Waals surface area contributed by atoms with Gasteiger partial charge in [-0.3, -0.25) is 4.79 Å². The number of likely N-dealkylation sites (tertiary alicyclic amines) is 1. The Hall–Kier alpha value is -2.57. The summed E-state index contributed by atoms with van der Waals surface area (Å²) in [6.07, 6.45) is -1.24. The topological polar surface area (TPSA) is 45.2 Å². The fourth-order valence-corrected chi connectivity index (χ4v) is 3.04. The van der Waals surface area contributed by atoms with Crippen LogP contribution in [-0.2, 0) is 17.4 Å². The van der Waals surface area contributed by atoms with Crippen molar-refractivity contribution in [3.05, 3.63) is 59.8 Å². The zero-order valence-corrected chi connectivity index (χ0v) is 14.2. The van der Waals surface area contributed by atoms with Gasteiger partial charge in [0.15, 0.2) is 0 Å². The van der Waals surface area contributed by atoms with E-state index < -0.39 is 17.8 Å². The highest BCUT2D eigenvalue weighted by atomic mass is 19.4. The number of alkyl halides is 3. The van der Waals surface area contributed by atoms with Gasteiger partial charge in [-0.2, -0.15) is 13.2 Å². The quantitative estimate of drug-likeness (QED) is 0.850. The lowest BCUT2D eigenvalue weighted by molar-refractivity contribution is -0.137. The fraction of sp³-hybridized carbons (Fsp3) is 0.368. The van der Waals surface area contributed by atoms with Crippen molar-refractivity contribution in [3.8, 4) is 0 Å². The highest BCUT2D eigenvalue weighted by molar-refractivity contribution is 5.86. The lowest BCUT2D eigenvalue weighted by Gasteiger charge is -2.17. The van der Waals surface area contributed by atoms with Gasteiger partial charge in [0.25, 0.3) is 0 Å². The summed E-state index contributed by atoms with van der Waals surface area (Å²) < 4.78 is 37.7. The number of aryl methyl sites for hydroxylation is 1. The molecule has 0 bridgehead atoms. The van der Waals surface area contributed by atoms with Gasteiger partial charge in [0.1, 0.15) is 11.9 Å². The van der Waals surface area contributed by atoms with Crippen LogP contribution in [0.15, 0.2) is 48.7 Å². The van der Waals surface area contributed by atoms with Crippen LogP contribution >= 0.6 is 0 Å². The molecule has 4 nitrogen and oxygen atoms in total. The molecule has 0 radical (unpaired) electrons. The highest BCUT2D eigenvalue weighted by Gasteiger charge is 2.33. The van der Waals surface area contributed by atoms with E-state index in [4.69, 9.17) is 0 Å². The summed E-state index contributed by atoms with van der Waals surface area (Å²) in [6, 6.07) is 11.9. The van der Waals surface area contributed by atoms with Gasteiger partial charge in [0.05, 0.1) is 5.56 Å². The minimum absolute atomic E-state index is 0.0280. The Kier molecular flexibility index (Phi) is 5.44. The van der Waals surface area contributed by atoms with E-state index in [2.05, 4.69) is 22.4 Å². The second kappa shape index (κ2) is 7.76. The number of pyridine rings is 1. The molecule has 1 saturated heterocycles. The second-order valence-corrected chi connectivity index (χ2v) is 6.33. The average Bonchev–Trinajstić information content (AvgIpc) is 2.96. The number of rotatable bonds is 6. The van der Waals surface area contributed by atoms with Crippen LogP contribution in [0.2, 0.25) is 0 Å². The number of carbonyl (C=O) groups is 1. The van der Waals surface area contributed by atoms with E-state index in [0.29, 0.717) is 19.5 Å². The lowest BCUT2D eigenvalue weighted by Crippen LogP contribution is -2.34. The third-order valence-corrected chi connectivity index (χ3v) is 4.45. The third-order valence-electron chi connectivity index (χ3n) is 4.45. The number of hydrogen-bond acceptors (Lipinski definition) is 3. The van der Waals surface area contributed by atoms with Crippen LogP contribution in [-0.4, -0.2) is 34.9 Å². The molecule has 3 rings (SSSR count). The van der Waals surface area contributed by atoms with E-state index >= 15 is 0 Å². The van der Waals surface area contributed by atoms with Crippen LogP contribution in [0.3, 0.4) is 0 Å². The maximum absolute atomic E-state index is 12.6. The van der Waals surface area contributed by atoms with Crippen molar-refractivity contribution in [3.63, 3.8) is 0 Å². The molecule has 1 aromatic carbocycles. The predicted molar refractivity (Wildman–Crippen MR) is 92.6 cm³/mol. The molecule has 0 aliphatic carbocycles. The van der Waals surface area contributed by atoms with Crippen LogP contribution in [0.25, 0.3) is 0 Å². The third kappa shape index (κ3) is 4.53. The van der Waals surface area contributed by atoms with Gasteiger partial charge in [-0.25, -0.2) is 4.98 Å². The molecule has 138 valence electrons. The molecule has 2 heterocycles. The molecule has 0 saturated carbocycles. The summed E-state index contributed by atoms with van der Waals surface area (Å²) in [4.78, 5) is 18.0. The summed E-state index contributed by atoms with van der Waals surface area (Å²) in [5.41, 5.74) is 0.436. The summed E-state index contributed by atoms with van der Waals surface area (Å²) in [6.45, 7) is 1.32. The van der Waals surface area contributed by atoms with Gasteiger partial charge in [0, 0.05) is 19.3 Å². The number of carbonyl (C=O) groups excluding carboxylic acids is 1. The molecular formula is C19H20F3N3O. The van der Waals surface area contributed by atoms with Crippen molar-refractivity contribution >= 4 is 11.7 Å². The van der Waals surface area contributed by atoms with Crippen LogP contribution in [0, 0.1) is 0 Å². The molecular weight excluding hydrogens is 343 g/mol. The van der Waals surface area contributed by atoms with Crippen molar-refractivity contribution in [1.82, 2.24) is 9.88 Å². The van der Waals surface area contributed by atoms with Gasteiger partial charge in [-0.05, 0) is 37.0 Å². The number of hydrogen-bond donors (Lipinski definition) is 1. The Morgan fingerprint density at radius 3 is 2.58 bits per heavy atom. The Morgan fingerprint density at radius 1 is 1.15 bits per heavy atom. The van der Waals surface area contributed by atoms with Gasteiger partial charge in [-0.1, -0.05) is 30.3 Å². The Balaban J connectivity index is 1.49. The number of aromatic nitrogens is 1. The predicted octanol–water partition coefficient (Wildman–Crippen LogP) is 3.75. The number of halogens is 3. The zero-order valence-electron chi connectivity index (χ0n) is 14.2. The smallest absolute Gasteiger partial charge is 0.358 e. The van der Waals surface area contributed by atoms with E-state index in [9.17, 15) is 18.0 Å². The molecule has 1 amide bonds. The first-order valence-corrected chi connectivity index (χ1v) is 8.56. The first kappa shape index (κ1) is 18.2. The standard InChI is InChI=1S/C19H20F3N3O/c20-19(21,22)15-8-9-17(23-13-15)24-16-10-12-25(18(16)26)11-4-7-14-5-2-1-3-6-14/h1-3,5-6,8-9,13,16H,4,7,10-12H2,(H,23,24). The van der Waals surface area contributed by atoms with Crippen LogP contribution in [0.5, 0.6) is 0 Å². The minimum atomic E-state index is -4.41. The molecule has 7 heteroatoms. The molecule has 1 aromatic heterocycles. The zero-order chi connectivity index (χ0) is 18.6. The first-order valence-electron chi connectivity index (χ1n) is 8.56. The largest absolute Gasteiger partial charge is 0.417 e. The van der Waals surface area contributed by atoms with Crippen molar-refractivity contribution in [2.45, 2.75) is 31.5 Å². The SMILES string of the molecule is O=C1C(Nc2ccc(C(F)(F)F)cn2)CCN1CCCc1ccccc1. The molecule has 1 aliphatic rings. The van der Waals surface area contributed by atoms with E-state index in [0.717, 1.165) is 25.1 Å². The van der Waals surface area contributed by atoms with E-state index in [1.807, 2.05) is 18.2 Å². The molecule has 1 unspecified atom stereocenters. The number of nitrogens with one attached hydrogen (secondary N) is 1. The summed E-state index contributed by atoms with van der Waals surface area (Å²) in [5.74, 6) is 0.252. The van der Waals surface area contributed by atoms with Gasteiger partial charge >= 0.3 is 6.18 Å². The second-order valence-electron chi connectivity index (χ2n) is 6.33. The summed E-state index contributed by atoms with van der Waals surface area (Å²) >= 11 is 0. The molecule has 1 atom stereocenters. The van der Waals surface area contributed by atoms with Crippen molar-refractivity contribution < 1.29 is 18.0 Å². The highest BCUT2D eigenvalue weighted by Crippen LogP contribution is 2.29. The van der Waals surface area contributed by atoms with Crippen LogP contribution in [0.4, 0.5) is 19.0 Å². The number of amides is 1. The van der Waals surface area contributed by atoms with Gasteiger partial charge in [0.2, 0.25) is 5.91 Å². The molecule has 26 heavy (non-hydrogen) atoms. The fourth-order valence-electron chi connectivity index (χ4n) is 3.04. The number of anilines is 1. The van der Waals surface area contributed by atoms with Gasteiger partial charge in [-0.15, -0.1) is 0 Å². The van der Waals surface area contributed by atoms with Crippen LogP contribution in [0.1, 0.15) is 24.0 Å². The Labute approximate surface area is 150 Å². The van der Waals surface area contributed by atoms with E-state index in [1.54, 1.807) is 4.90 Å². The maximum Gasteiger partial charge on any atom is 0.417 e. The summed E-state index contributed by atoms with van der Waals surface area (Å²) in [5, 5.41) is 2.94. The minimum Gasteiger partial charge on any atom is -0.358 e.